The van der Waals surface area contributed by atoms with Gasteiger partial charge in [-0.2, -0.15) is 0 Å². The van der Waals surface area contributed by atoms with E-state index in [9.17, 15) is 0 Å². The van der Waals surface area contributed by atoms with Crippen molar-refractivity contribution in [2.75, 3.05) is 4.90 Å². The van der Waals surface area contributed by atoms with Crippen LogP contribution < -0.4 is 21.3 Å². The molecule has 9 aromatic carbocycles. The number of hydrogen-bond donors (Lipinski definition) is 0. The molecular weight excluding hydrogens is 685 g/mol. The van der Waals surface area contributed by atoms with Crippen LogP contribution in [-0.4, -0.2) is 6.71 Å². The summed E-state index contributed by atoms with van der Waals surface area (Å²) in [6.07, 6.45) is 0. The maximum atomic E-state index is 2.59. The zero-order valence-corrected chi connectivity index (χ0v) is 34.6. The SMILES string of the molecule is Cc1cc(C)c(B2c3ccccc3N(c3ccccc3)c3c2c(-c2c(C)cc(C)cc2C)c2ccc4ccc(-c5c(C)cc(C)cc5C)c5ccc3c2c45)c(C)c1. The van der Waals surface area contributed by atoms with Crippen molar-refractivity contribution in [3.8, 4) is 22.3 Å². The van der Waals surface area contributed by atoms with Crippen LogP contribution in [0.5, 0.6) is 0 Å². The Bertz CT molecular complexity index is 3040. The number of aryl methyl sites for hydroxylation is 9. The minimum absolute atomic E-state index is 0.0159. The zero-order chi connectivity index (χ0) is 39.4. The number of para-hydroxylation sites is 2. The van der Waals surface area contributed by atoms with Crippen LogP contribution in [0, 0.1) is 62.3 Å². The van der Waals surface area contributed by atoms with E-state index in [2.05, 4.69) is 195 Å². The summed E-state index contributed by atoms with van der Waals surface area (Å²) in [5, 5.41) is 7.91. The van der Waals surface area contributed by atoms with Crippen molar-refractivity contribution in [3.63, 3.8) is 0 Å². The average Bonchev–Trinajstić information content (AvgIpc) is 3.17. The molecule has 1 aliphatic rings. The van der Waals surface area contributed by atoms with Gasteiger partial charge in [0, 0.05) is 27.8 Å². The molecule has 0 saturated carbocycles. The van der Waals surface area contributed by atoms with Crippen molar-refractivity contribution in [2.45, 2.75) is 62.3 Å². The molecule has 0 unspecified atom stereocenters. The molecule has 0 saturated heterocycles. The second kappa shape index (κ2) is 13.0. The molecule has 1 heterocycles. The van der Waals surface area contributed by atoms with E-state index in [1.165, 1.54) is 138 Å². The molecule has 0 radical (unpaired) electrons. The first-order chi connectivity index (χ1) is 27.5. The first-order valence-electron chi connectivity index (χ1n) is 20.5. The maximum Gasteiger partial charge on any atom is 0.248 e. The summed E-state index contributed by atoms with van der Waals surface area (Å²) >= 11 is 0. The van der Waals surface area contributed by atoms with Gasteiger partial charge in [0.05, 0.1) is 0 Å². The Balaban J connectivity index is 1.47. The van der Waals surface area contributed by atoms with Crippen LogP contribution in [0.4, 0.5) is 17.1 Å². The fraction of sp³-hybridized carbons (Fsp3) is 0.164. The number of rotatable bonds is 4. The lowest BCUT2D eigenvalue weighted by atomic mass is 9.32. The predicted molar refractivity (Wildman–Crippen MR) is 249 cm³/mol. The lowest BCUT2D eigenvalue weighted by molar-refractivity contribution is 1.30. The normalized spacial score (nSPS) is 12.6. The van der Waals surface area contributed by atoms with Gasteiger partial charge in [-0.25, -0.2) is 0 Å². The fourth-order valence-electron chi connectivity index (χ4n) is 11.2. The highest BCUT2D eigenvalue weighted by Gasteiger charge is 2.41. The second-order valence-corrected chi connectivity index (χ2v) is 17.0. The number of nitrogens with zero attached hydrogens (tertiary/aromatic N) is 1. The quantitative estimate of drug-likeness (QED) is 0.129. The van der Waals surface area contributed by atoms with Crippen molar-refractivity contribution in [1.82, 2.24) is 0 Å². The summed E-state index contributed by atoms with van der Waals surface area (Å²) in [5.41, 5.74) is 25.1. The van der Waals surface area contributed by atoms with Gasteiger partial charge in [0.1, 0.15) is 0 Å². The largest absolute Gasteiger partial charge is 0.311 e. The van der Waals surface area contributed by atoms with Crippen LogP contribution in [0.15, 0.2) is 127 Å². The summed E-state index contributed by atoms with van der Waals surface area (Å²) < 4.78 is 0. The van der Waals surface area contributed by atoms with Crippen molar-refractivity contribution in [1.29, 1.82) is 0 Å². The highest BCUT2D eigenvalue weighted by Crippen LogP contribution is 2.50. The van der Waals surface area contributed by atoms with Crippen LogP contribution in [0.3, 0.4) is 0 Å². The summed E-state index contributed by atoms with van der Waals surface area (Å²) in [7, 11) is 0. The van der Waals surface area contributed by atoms with Gasteiger partial charge in [-0.1, -0.05) is 142 Å². The molecule has 0 aromatic heterocycles. The topological polar surface area (TPSA) is 3.24 Å². The van der Waals surface area contributed by atoms with Crippen molar-refractivity contribution in [2.24, 2.45) is 0 Å². The lowest BCUT2D eigenvalue weighted by Crippen LogP contribution is -2.59. The van der Waals surface area contributed by atoms with Crippen LogP contribution >= 0.6 is 0 Å². The molecular formula is C55H48BN. The third kappa shape index (κ3) is 5.23. The monoisotopic (exact) mass is 733 g/mol. The molecule has 0 fully saturated rings. The maximum absolute atomic E-state index is 2.59. The zero-order valence-electron chi connectivity index (χ0n) is 34.6. The number of hydrogen-bond acceptors (Lipinski definition) is 1. The van der Waals surface area contributed by atoms with Crippen molar-refractivity contribution in [3.05, 3.63) is 177 Å². The molecule has 2 heteroatoms. The molecule has 0 amide bonds. The molecule has 0 spiro atoms. The summed E-state index contributed by atoms with van der Waals surface area (Å²) in [6.45, 7) is 20.5. The lowest BCUT2D eigenvalue weighted by Gasteiger charge is -2.41. The fourth-order valence-corrected chi connectivity index (χ4v) is 11.2. The standard InChI is InChI=1S/C55H48BN/c1-31-25-34(4)48(35(5)26-31)42-21-19-40-20-22-44-51-45(24-23-43(42)50(40)51)55-54(52(44)49-36(6)27-32(2)28-37(49)7)56(53-38(8)29-33(3)30-39(53)9)46-17-13-14-18-47(46)57(55)41-15-11-10-12-16-41/h10-30H,1-9H3. The number of anilines is 3. The molecule has 0 N–H and O–H groups in total. The molecule has 57 heavy (non-hydrogen) atoms. The van der Waals surface area contributed by atoms with Gasteiger partial charge in [0.15, 0.2) is 0 Å². The third-order valence-corrected chi connectivity index (χ3v) is 12.9. The molecule has 1 nitrogen and oxygen atoms in total. The van der Waals surface area contributed by atoms with E-state index in [0.29, 0.717) is 0 Å². The van der Waals surface area contributed by atoms with Gasteiger partial charge in [-0.15, -0.1) is 0 Å². The van der Waals surface area contributed by atoms with E-state index in [1.54, 1.807) is 0 Å². The van der Waals surface area contributed by atoms with Crippen LogP contribution in [0.25, 0.3) is 54.6 Å². The minimum atomic E-state index is 0.0159. The third-order valence-electron chi connectivity index (χ3n) is 12.9. The Kier molecular flexibility index (Phi) is 8.03. The average molecular weight is 734 g/mol. The Morgan fingerprint density at radius 3 is 1.58 bits per heavy atom. The van der Waals surface area contributed by atoms with E-state index in [0.717, 1.165) is 0 Å². The van der Waals surface area contributed by atoms with Gasteiger partial charge in [-0.05, 0) is 157 Å². The Morgan fingerprint density at radius 1 is 0.404 bits per heavy atom. The molecule has 0 aliphatic carbocycles. The molecule has 0 atom stereocenters. The minimum Gasteiger partial charge on any atom is -0.311 e. The summed E-state index contributed by atoms with van der Waals surface area (Å²) in [6, 6.07) is 48.9. The molecule has 1 aliphatic heterocycles. The van der Waals surface area contributed by atoms with E-state index in [1.807, 2.05) is 0 Å². The smallest absolute Gasteiger partial charge is 0.248 e. The summed E-state index contributed by atoms with van der Waals surface area (Å²) in [4.78, 5) is 2.59. The van der Waals surface area contributed by atoms with Gasteiger partial charge >= 0.3 is 0 Å². The molecule has 10 rings (SSSR count). The molecule has 0 bridgehead atoms. The van der Waals surface area contributed by atoms with Gasteiger partial charge in [0.2, 0.25) is 6.71 Å². The Morgan fingerprint density at radius 2 is 0.930 bits per heavy atom. The molecule has 9 aromatic rings. The first-order valence-corrected chi connectivity index (χ1v) is 20.5. The van der Waals surface area contributed by atoms with Crippen LogP contribution in [-0.2, 0) is 0 Å². The van der Waals surface area contributed by atoms with Crippen molar-refractivity contribution < 1.29 is 0 Å². The first kappa shape index (κ1) is 35.3. The van der Waals surface area contributed by atoms with Crippen LogP contribution in [0.1, 0.15) is 50.1 Å². The Labute approximate surface area is 338 Å². The van der Waals surface area contributed by atoms with E-state index in [4.69, 9.17) is 0 Å². The second-order valence-electron chi connectivity index (χ2n) is 17.0. The Hall–Kier alpha value is -6.12. The highest BCUT2D eigenvalue weighted by atomic mass is 15.2. The van der Waals surface area contributed by atoms with Crippen LogP contribution in [0.2, 0.25) is 0 Å². The van der Waals surface area contributed by atoms with E-state index < -0.39 is 0 Å². The van der Waals surface area contributed by atoms with Gasteiger partial charge < -0.3 is 4.90 Å². The molecule has 276 valence electrons. The summed E-state index contributed by atoms with van der Waals surface area (Å²) in [5.74, 6) is 0. The van der Waals surface area contributed by atoms with Gasteiger partial charge in [-0.3, -0.25) is 0 Å². The van der Waals surface area contributed by atoms with E-state index in [-0.39, 0.29) is 6.71 Å². The van der Waals surface area contributed by atoms with Gasteiger partial charge in [0.25, 0.3) is 0 Å². The van der Waals surface area contributed by atoms with Crippen molar-refractivity contribution >= 4 is 72.5 Å². The predicted octanol–water partition coefficient (Wildman–Crippen LogP) is 13.0. The highest BCUT2D eigenvalue weighted by molar-refractivity contribution is 6.99. The number of benzene rings is 9. The van der Waals surface area contributed by atoms with E-state index >= 15 is 0 Å². The number of fused-ring (bicyclic) bond motifs is 3.